The van der Waals surface area contributed by atoms with Crippen LogP contribution >= 0.6 is 0 Å². The Bertz CT molecular complexity index is 435. The van der Waals surface area contributed by atoms with Gasteiger partial charge < -0.3 is 16.0 Å². The van der Waals surface area contributed by atoms with Gasteiger partial charge in [-0.1, -0.05) is 0 Å². The third-order valence-electron chi connectivity index (χ3n) is 3.05. The van der Waals surface area contributed by atoms with Crippen LogP contribution in [-0.2, 0) is 0 Å². The quantitative estimate of drug-likeness (QED) is 0.429. The van der Waals surface area contributed by atoms with E-state index in [0.717, 1.165) is 25.3 Å². The summed E-state index contributed by atoms with van der Waals surface area (Å²) in [6, 6.07) is 5.48. The van der Waals surface area contributed by atoms with Crippen LogP contribution in [0.5, 0.6) is 0 Å². The number of hydrogen-bond acceptors (Lipinski definition) is 4. The number of nitro benzene ring substituents is 1. The maximum Gasteiger partial charge on any atom is 0.292 e. The molecule has 1 aromatic carbocycles. The standard InChI is InChI=1S/C11H16N4O2/c1-8-7-14(5-4-13-8)9-2-3-11(15(16)17)10(12)6-9/h2-3,6,8,13H,4-5,7,12H2,1H3/p+1/t8-/m1/s1. The number of nitrogens with zero attached hydrogens (tertiary/aromatic N) is 2. The first kappa shape index (κ1) is 11.7. The van der Waals surface area contributed by atoms with Crippen molar-refractivity contribution < 1.29 is 10.2 Å². The van der Waals surface area contributed by atoms with Crippen LogP contribution in [0, 0.1) is 10.1 Å². The lowest BCUT2D eigenvalue weighted by atomic mass is 10.2. The third-order valence-corrected chi connectivity index (χ3v) is 3.05. The summed E-state index contributed by atoms with van der Waals surface area (Å²) in [5, 5.41) is 13.0. The van der Waals surface area contributed by atoms with Crippen molar-refractivity contribution >= 4 is 17.1 Å². The zero-order valence-electron chi connectivity index (χ0n) is 9.80. The molecule has 0 amide bonds. The van der Waals surface area contributed by atoms with Crippen molar-refractivity contribution in [1.82, 2.24) is 0 Å². The average molecular weight is 237 g/mol. The van der Waals surface area contributed by atoms with Gasteiger partial charge in [-0.3, -0.25) is 10.1 Å². The Morgan fingerprint density at radius 2 is 2.35 bits per heavy atom. The minimum absolute atomic E-state index is 0.0228. The van der Waals surface area contributed by atoms with Gasteiger partial charge in [-0.2, -0.15) is 0 Å². The number of quaternary nitrogens is 1. The van der Waals surface area contributed by atoms with Crippen LogP contribution in [0.25, 0.3) is 0 Å². The van der Waals surface area contributed by atoms with Gasteiger partial charge in [0.2, 0.25) is 0 Å². The van der Waals surface area contributed by atoms with Crippen molar-refractivity contribution in [3.63, 3.8) is 0 Å². The summed E-state index contributed by atoms with van der Waals surface area (Å²) in [5.74, 6) is 0. The van der Waals surface area contributed by atoms with E-state index in [1.807, 2.05) is 0 Å². The summed E-state index contributed by atoms with van der Waals surface area (Å²) in [7, 11) is 0. The van der Waals surface area contributed by atoms with E-state index in [2.05, 4.69) is 17.1 Å². The van der Waals surface area contributed by atoms with Gasteiger partial charge in [0.25, 0.3) is 5.69 Å². The van der Waals surface area contributed by atoms with Crippen LogP contribution in [0.3, 0.4) is 0 Å². The molecule has 1 aliphatic rings. The highest BCUT2D eigenvalue weighted by molar-refractivity contribution is 5.66. The number of rotatable bonds is 2. The lowest BCUT2D eigenvalue weighted by Crippen LogP contribution is -2.94. The Balaban J connectivity index is 2.22. The first-order valence-electron chi connectivity index (χ1n) is 5.70. The topological polar surface area (TPSA) is 89.0 Å². The second-order valence-electron chi connectivity index (χ2n) is 4.45. The summed E-state index contributed by atoms with van der Waals surface area (Å²) in [6.45, 7) is 5.10. The van der Waals surface area contributed by atoms with Gasteiger partial charge in [0.15, 0.2) is 0 Å². The molecule has 0 aromatic heterocycles. The van der Waals surface area contributed by atoms with Gasteiger partial charge in [0.05, 0.1) is 24.6 Å². The van der Waals surface area contributed by atoms with Crippen molar-refractivity contribution in [1.29, 1.82) is 0 Å². The number of anilines is 2. The number of nitro groups is 1. The highest BCUT2D eigenvalue weighted by Crippen LogP contribution is 2.27. The maximum absolute atomic E-state index is 10.7. The van der Waals surface area contributed by atoms with Gasteiger partial charge >= 0.3 is 0 Å². The summed E-state index contributed by atoms with van der Waals surface area (Å²) >= 11 is 0. The molecule has 1 aliphatic heterocycles. The molecule has 1 fully saturated rings. The van der Waals surface area contributed by atoms with Crippen molar-refractivity contribution in [2.45, 2.75) is 13.0 Å². The van der Waals surface area contributed by atoms with Gasteiger partial charge in [-0.25, -0.2) is 0 Å². The minimum Gasteiger partial charge on any atom is -0.393 e. The molecule has 0 saturated carbocycles. The van der Waals surface area contributed by atoms with E-state index in [4.69, 9.17) is 5.73 Å². The van der Waals surface area contributed by atoms with Crippen LogP contribution in [0.4, 0.5) is 17.1 Å². The molecule has 1 aromatic rings. The Kier molecular flexibility index (Phi) is 3.14. The SMILES string of the molecule is C[C@@H]1CN(c2ccc([N+](=O)[O-])c(N)c2)CC[NH2+]1. The summed E-state index contributed by atoms with van der Waals surface area (Å²) in [6.07, 6.45) is 0. The highest BCUT2D eigenvalue weighted by atomic mass is 16.6. The first-order valence-corrected chi connectivity index (χ1v) is 5.70. The van der Waals surface area contributed by atoms with Crippen LogP contribution in [0.1, 0.15) is 6.92 Å². The van der Waals surface area contributed by atoms with E-state index in [9.17, 15) is 10.1 Å². The summed E-state index contributed by atoms with van der Waals surface area (Å²) in [5.41, 5.74) is 6.86. The minimum atomic E-state index is -0.453. The molecule has 0 unspecified atom stereocenters. The molecule has 4 N–H and O–H groups in total. The molecule has 17 heavy (non-hydrogen) atoms. The molecule has 2 rings (SSSR count). The Hall–Kier alpha value is -1.82. The second-order valence-corrected chi connectivity index (χ2v) is 4.45. The molecular formula is C11H17N4O2+. The lowest BCUT2D eigenvalue weighted by Gasteiger charge is -2.31. The van der Waals surface area contributed by atoms with Crippen LogP contribution in [0.2, 0.25) is 0 Å². The smallest absolute Gasteiger partial charge is 0.292 e. The zero-order chi connectivity index (χ0) is 12.4. The molecule has 6 heteroatoms. The number of nitrogens with two attached hydrogens (primary N) is 2. The molecule has 1 saturated heterocycles. The van der Waals surface area contributed by atoms with Crippen LogP contribution < -0.4 is 16.0 Å². The van der Waals surface area contributed by atoms with Gasteiger partial charge in [0.1, 0.15) is 11.7 Å². The molecule has 92 valence electrons. The zero-order valence-corrected chi connectivity index (χ0v) is 9.80. The Labute approximate surface area is 99.6 Å². The fourth-order valence-corrected chi connectivity index (χ4v) is 2.17. The van der Waals surface area contributed by atoms with Gasteiger partial charge in [-0.05, 0) is 19.1 Å². The molecule has 0 radical (unpaired) electrons. The third kappa shape index (κ3) is 2.47. The first-order chi connectivity index (χ1) is 8.08. The van der Waals surface area contributed by atoms with Crippen molar-refractivity contribution in [2.75, 3.05) is 30.3 Å². The molecule has 1 atom stereocenters. The van der Waals surface area contributed by atoms with Gasteiger partial charge in [0, 0.05) is 11.8 Å². The fraction of sp³-hybridized carbons (Fsp3) is 0.455. The number of hydrogen-bond donors (Lipinski definition) is 2. The second kappa shape index (κ2) is 4.58. The monoisotopic (exact) mass is 237 g/mol. The maximum atomic E-state index is 10.7. The highest BCUT2D eigenvalue weighted by Gasteiger charge is 2.20. The molecule has 6 nitrogen and oxygen atoms in total. The van der Waals surface area contributed by atoms with E-state index in [1.165, 1.54) is 6.07 Å². The number of nitrogen functional groups attached to an aromatic ring is 1. The number of piperazine rings is 1. The van der Waals surface area contributed by atoms with Crippen molar-refractivity contribution in [3.8, 4) is 0 Å². The fourth-order valence-electron chi connectivity index (χ4n) is 2.17. The molecule has 1 heterocycles. The van der Waals surface area contributed by atoms with E-state index >= 15 is 0 Å². The Morgan fingerprint density at radius 3 is 2.94 bits per heavy atom. The molecular weight excluding hydrogens is 220 g/mol. The van der Waals surface area contributed by atoms with Crippen molar-refractivity contribution in [3.05, 3.63) is 28.3 Å². The average Bonchev–Trinajstić information content (AvgIpc) is 2.28. The normalized spacial score (nSPS) is 20.3. The van der Waals surface area contributed by atoms with E-state index in [-0.39, 0.29) is 11.4 Å². The van der Waals surface area contributed by atoms with Crippen LogP contribution in [0.15, 0.2) is 18.2 Å². The van der Waals surface area contributed by atoms with E-state index in [1.54, 1.807) is 12.1 Å². The van der Waals surface area contributed by atoms with E-state index < -0.39 is 4.92 Å². The largest absolute Gasteiger partial charge is 0.393 e. The van der Waals surface area contributed by atoms with E-state index in [0.29, 0.717) is 6.04 Å². The molecule has 0 aliphatic carbocycles. The van der Waals surface area contributed by atoms with Crippen molar-refractivity contribution in [2.24, 2.45) is 0 Å². The molecule has 0 bridgehead atoms. The Morgan fingerprint density at radius 1 is 1.59 bits per heavy atom. The lowest BCUT2D eigenvalue weighted by molar-refractivity contribution is -0.687. The predicted octanol–water partition coefficient (Wildman–Crippen LogP) is -0.0511. The number of benzene rings is 1. The summed E-state index contributed by atoms with van der Waals surface area (Å²) in [4.78, 5) is 12.4. The van der Waals surface area contributed by atoms with Gasteiger partial charge in [-0.15, -0.1) is 0 Å². The molecule has 0 spiro atoms. The predicted molar refractivity (Wildman–Crippen MR) is 66.0 cm³/mol. The summed E-state index contributed by atoms with van der Waals surface area (Å²) < 4.78 is 0. The van der Waals surface area contributed by atoms with Crippen LogP contribution in [-0.4, -0.2) is 30.6 Å².